The summed E-state index contributed by atoms with van der Waals surface area (Å²) < 4.78 is 38.5. The van der Waals surface area contributed by atoms with Crippen molar-refractivity contribution in [1.82, 2.24) is 5.32 Å². The zero-order chi connectivity index (χ0) is 24.5. The fraction of sp³-hybridized carbons (Fsp3) is 0.462. The molecule has 2 atom stereocenters. The van der Waals surface area contributed by atoms with Crippen LogP contribution in [0.15, 0.2) is 36.4 Å². The van der Waals surface area contributed by atoms with Crippen molar-refractivity contribution in [3.8, 4) is 0 Å². The van der Waals surface area contributed by atoms with Crippen LogP contribution >= 0.6 is 27.0 Å². The van der Waals surface area contributed by atoms with Gasteiger partial charge in [-0.2, -0.15) is 27.0 Å². The molecule has 0 unspecified atom stereocenters. The van der Waals surface area contributed by atoms with E-state index in [1.165, 1.54) is 45.4 Å². The maximum Gasteiger partial charge on any atom is 0.159 e. The lowest BCUT2D eigenvalue weighted by atomic mass is 10.1. The second-order valence-electron chi connectivity index (χ2n) is 8.59. The highest BCUT2D eigenvalue weighted by Crippen LogP contribution is 2.28. The molecule has 0 saturated carbocycles. The van der Waals surface area contributed by atoms with E-state index in [1.54, 1.807) is 12.1 Å². The molecule has 2 aromatic carbocycles. The Morgan fingerprint density at radius 3 is 1.77 bits per heavy atom. The average molecular weight is 531 g/mol. The number of carbonyl (C=O) groups excluding carboxylic acids is 2. The standard InChI is InChI=1S/C13H16FNO.C8H6F2O.C5H11N.2H2S/c1-9-4-3-7-15(9)13-6-5-11(10(2)16)8-12(13)14;1-5(11)6-2-3-7(9)8(10)4-6;1-5-3-2-4-6-5;;/h5-6,8-9H,3-4,7H2,1-2H3;2-4H,1H3;5-6H,2-4H2,1H3;2*1H2/t9-;;5-;;/m0.0../s1. The van der Waals surface area contributed by atoms with Crippen LogP contribution in [0.5, 0.6) is 0 Å². The van der Waals surface area contributed by atoms with Crippen LogP contribution in [-0.2, 0) is 0 Å². The summed E-state index contributed by atoms with van der Waals surface area (Å²) in [5.41, 5.74) is 1.24. The van der Waals surface area contributed by atoms with Gasteiger partial charge in [-0.1, -0.05) is 0 Å². The molecule has 2 heterocycles. The largest absolute Gasteiger partial charge is 0.366 e. The van der Waals surface area contributed by atoms with Gasteiger partial charge in [0, 0.05) is 29.8 Å². The number of anilines is 1. The van der Waals surface area contributed by atoms with E-state index in [1.807, 2.05) is 0 Å². The highest BCUT2D eigenvalue weighted by molar-refractivity contribution is 7.59. The Kier molecular flexibility index (Phi) is 15.0. The summed E-state index contributed by atoms with van der Waals surface area (Å²) in [6.45, 7) is 9.22. The maximum absolute atomic E-state index is 13.8. The van der Waals surface area contributed by atoms with Gasteiger partial charge in [0.1, 0.15) is 5.82 Å². The van der Waals surface area contributed by atoms with Crippen LogP contribution in [0.25, 0.3) is 0 Å². The lowest BCUT2D eigenvalue weighted by Crippen LogP contribution is -2.27. The predicted molar refractivity (Wildman–Crippen MR) is 146 cm³/mol. The number of rotatable bonds is 3. The number of hydrogen-bond donors (Lipinski definition) is 1. The molecule has 4 nitrogen and oxygen atoms in total. The van der Waals surface area contributed by atoms with Gasteiger partial charge in [0.05, 0.1) is 5.69 Å². The second kappa shape index (κ2) is 15.9. The first-order chi connectivity index (χ1) is 15.6. The smallest absolute Gasteiger partial charge is 0.159 e. The first-order valence-corrected chi connectivity index (χ1v) is 11.4. The summed E-state index contributed by atoms with van der Waals surface area (Å²) in [7, 11) is 0. The molecule has 2 aliphatic heterocycles. The van der Waals surface area contributed by atoms with Crippen LogP contribution in [0.4, 0.5) is 18.9 Å². The van der Waals surface area contributed by atoms with Gasteiger partial charge in [0.15, 0.2) is 23.2 Å². The molecule has 0 spiro atoms. The molecule has 196 valence electrons. The van der Waals surface area contributed by atoms with Gasteiger partial charge >= 0.3 is 0 Å². The molecule has 0 aromatic heterocycles. The number of carbonyl (C=O) groups is 2. The molecule has 35 heavy (non-hydrogen) atoms. The molecule has 2 fully saturated rings. The van der Waals surface area contributed by atoms with Crippen LogP contribution in [0.3, 0.4) is 0 Å². The summed E-state index contributed by atoms with van der Waals surface area (Å²) in [5, 5.41) is 3.32. The van der Waals surface area contributed by atoms with Crippen LogP contribution < -0.4 is 10.2 Å². The normalized spacial score (nSPS) is 18.2. The molecule has 0 aliphatic carbocycles. The number of benzene rings is 2. The van der Waals surface area contributed by atoms with E-state index in [2.05, 4.69) is 24.1 Å². The van der Waals surface area contributed by atoms with Crippen molar-refractivity contribution in [3.63, 3.8) is 0 Å². The van der Waals surface area contributed by atoms with Gasteiger partial charge in [0.25, 0.3) is 0 Å². The van der Waals surface area contributed by atoms with E-state index < -0.39 is 11.6 Å². The molecule has 2 saturated heterocycles. The zero-order valence-electron chi connectivity index (χ0n) is 20.8. The van der Waals surface area contributed by atoms with E-state index >= 15 is 0 Å². The Morgan fingerprint density at radius 2 is 1.40 bits per heavy atom. The highest BCUT2D eigenvalue weighted by Gasteiger charge is 2.23. The number of nitrogens with one attached hydrogen (secondary N) is 1. The van der Waals surface area contributed by atoms with Crippen LogP contribution in [0, 0.1) is 17.5 Å². The fourth-order valence-corrected chi connectivity index (χ4v) is 3.82. The minimum atomic E-state index is -0.988. The quantitative estimate of drug-likeness (QED) is 0.483. The average Bonchev–Trinajstić information content (AvgIpc) is 3.41. The van der Waals surface area contributed by atoms with Crippen LogP contribution in [0.2, 0.25) is 0 Å². The summed E-state index contributed by atoms with van der Waals surface area (Å²) in [5.74, 6) is -2.59. The molecule has 2 aromatic rings. The van der Waals surface area contributed by atoms with E-state index in [4.69, 9.17) is 0 Å². The number of halogens is 3. The Hall–Kier alpha value is -1.97. The zero-order valence-corrected chi connectivity index (χ0v) is 22.8. The topological polar surface area (TPSA) is 49.4 Å². The monoisotopic (exact) mass is 530 g/mol. The first-order valence-electron chi connectivity index (χ1n) is 11.4. The van der Waals surface area contributed by atoms with E-state index in [9.17, 15) is 22.8 Å². The number of ketones is 2. The van der Waals surface area contributed by atoms with E-state index in [0.29, 0.717) is 17.3 Å². The lowest BCUT2D eigenvalue weighted by molar-refractivity contribution is 0.100. The van der Waals surface area contributed by atoms with Gasteiger partial charge < -0.3 is 10.2 Å². The van der Waals surface area contributed by atoms with Gasteiger partial charge in [0.2, 0.25) is 0 Å². The summed E-state index contributed by atoms with van der Waals surface area (Å²) >= 11 is 0. The van der Waals surface area contributed by atoms with Crippen molar-refractivity contribution in [1.29, 1.82) is 0 Å². The van der Waals surface area contributed by atoms with Crippen molar-refractivity contribution in [3.05, 3.63) is 65.0 Å². The summed E-state index contributed by atoms with van der Waals surface area (Å²) in [4.78, 5) is 23.8. The van der Waals surface area contributed by atoms with E-state index in [-0.39, 0.29) is 49.9 Å². The third kappa shape index (κ3) is 10.3. The highest BCUT2D eigenvalue weighted by atomic mass is 32.1. The van der Waals surface area contributed by atoms with Gasteiger partial charge in [-0.05, 0) is 96.3 Å². The number of nitrogens with zero attached hydrogens (tertiary/aromatic N) is 1. The van der Waals surface area contributed by atoms with E-state index in [0.717, 1.165) is 37.6 Å². The number of Topliss-reactive ketones (excluding diaryl/α,β-unsaturated/α-hetero) is 2. The van der Waals surface area contributed by atoms with Crippen molar-refractivity contribution in [2.45, 2.75) is 65.5 Å². The maximum atomic E-state index is 13.8. The summed E-state index contributed by atoms with van der Waals surface area (Å²) in [6.07, 6.45) is 4.96. The molecule has 1 N–H and O–H groups in total. The van der Waals surface area contributed by atoms with Crippen LogP contribution in [-0.4, -0.2) is 36.7 Å². The van der Waals surface area contributed by atoms with Crippen molar-refractivity contribution in [2.75, 3.05) is 18.0 Å². The van der Waals surface area contributed by atoms with Gasteiger partial charge in [-0.15, -0.1) is 0 Å². The third-order valence-electron chi connectivity index (χ3n) is 5.85. The molecule has 0 bridgehead atoms. The SMILES string of the molecule is CC(=O)c1ccc(F)c(F)c1.CC(=O)c1ccc(N2CCC[C@@H]2C)c(F)c1.C[C@H]1CCCN1.S.S. The Bertz CT molecular complexity index is 970. The van der Waals surface area contributed by atoms with Crippen molar-refractivity contribution >= 4 is 44.2 Å². The predicted octanol–water partition coefficient (Wildman–Crippen LogP) is 6.17. The third-order valence-corrected chi connectivity index (χ3v) is 5.85. The number of hydrogen-bond acceptors (Lipinski definition) is 4. The Morgan fingerprint density at radius 1 is 0.829 bits per heavy atom. The van der Waals surface area contributed by atoms with Gasteiger partial charge in [-0.25, -0.2) is 13.2 Å². The fourth-order valence-electron chi connectivity index (χ4n) is 3.82. The Balaban J connectivity index is 0.000000530. The van der Waals surface area contributed by atoms with Gasteiger partial charge in [-0.3, -0.25) is 9.59 Å². The Labute approximate surface area is 220 Å². The van der Waals surface area contributed by atoms with Crippen molar-refractivity contribution in [2.24, 2.45) is 0 Å². The molecule has 2 aliphatic rings. The summed E-state index contributed by atoms with van der Waals surface area (Å²) in [6, 6.07) is 9.01. The molecule has 0 amide bonds. The first kappa shape index (κ1) is 33.0. The van der Waals surface area contributed by atoms with Crippen LogP contribution in [0.1, 0.15) is 74.1 Å². The second-order valence-corrected chi connectivity index (χ2v) is 8.59. The molecule has 0 radical (unpaired) electrons. The molecular weight excluding hydrogens is 493 g/mol. The minimum absolute atomic E-state index is 0. The molecular formula is C26H37F3N2O2S2. The minimum Gasteiger partial charge on any atom is -0.366 e. The lowest BCUT2D eigenvalue weighted by Gasteiger charge is -2.24. The molecule has 9 heteroatoms. The molecule has 4 rings (SSSR count). The van der Waals surface area contributed by atoms with Crippen molar-refractivity contribution < 1.29 is 22.8 Å².